The van der Waals surface area contributed by atoms with Gasteiger partial charge in [-0.15, -0.1) is 11.8 Å². The fourth-order valence-corrected chi connectivity index (χ4v) is 8.01. The van der Waals surface area contributed by atoms with Gasteiger partial charge in [0.1, 0.15) is 23.0 Å². The summed E-state index contributed by atoms with van der Waals surface area (Å²) in [7, 11) is 3.04. The normalized spacial score (nSPS) is 12.8. The molecule has 4 aromatic carbocycles. The van der Waals surface area contributed by atoms with Crippen LogP contribution in [0.5, 0.6) is 11.5 Å². The number of hydrogen-bond donors (Lipinski definition) is 0. The largest absolute Gasteiger partial charge is 0.497 e. The fourth-order valence-electron chi connectivity index (χ4n) is 6.83. The summed E-state index contributed by atoms with van der Waals surface area (Å²) in [6.45, 7) is 6.48. The third-order valence-corrected chi connectivity index (χ3v) is 10.5. The SMILES string of the molecule is COC(=O)c1c(C)c2c(-c3c(C)nn4c3COCC4)c(Cl)ccc2n1CCCOc1cc(SCc2ccc(OC)cc2)cc2cc(F)ccc12. The predicted molar refractivity (Wildman–Crippen MR) is 195 cm³/mol. The Morgan fingerprint density at radius 1 is 1.04 bits per heavy atom. The second-order valence-corrected chi connectivity index (χ2v) is 13.7. The van der Waals surface area contributed by atoms with Gasteiger partial charge in [-0.1, -0.05) is 23.7 Å². The van der Waals surface area contributed by atoms with Gasteiger partial charge in [-0.25, -0.2) is 9.18 Å². The molecule has 0 N–H and O–H groups in total. The number of thioether (sulfide) groups is 1. The van der Waals surface area contributed by atoms with E-state index in [9.17, 15) is 9.18 Å². The van der Waals surface area contributed by atoms with Crippen LogP contribution in [0.15, 0.2) is 71.6 Å². The minimum Gasteiger partial charge on any atom is -0.497 e. The maximum atomic E-state index is 14.3. The summed E-state index contributed by atoms with van der Waals surface area (Å²) in [6.07, 6.45) is 0.590. The maximum Gasteiger partial charge on any atom is 0.354 e. The van der Waals surface area contributed by atoms with Gasteiger partial charge in [-0.2, -0.15) is 5.10 Å². The molecule has 11 heteroatoms. The van der Waals surface area contributed by atoms with Gasteiger partial charge in [0, 0.05) is 49.6 Å². The average Bonchev–Trinajstić information content (AvgIpc) is 3.61. The number of halogens is 2. The predicted octanol–water partition coefficient (Wildman–Crippen LogP) is 9.15. The van der Waals surface area contributed by atoms with Gasteiger partial charge >= 0.3 is 5.97 Å². The van der Waals surface area contributed by atoms with Crippen LogP contribution in [0, 0.1) is 19.7 Å². The average molecular weight is 714 g/mol. The molecular formula is C39H37ClFN3O5S. The first-order valence-electron chi connectivity index (χ1n) is 16.4. The Kier molecular flexibility index (Phi) is 9.77. The Bertz CT molecular complexity index is 2230. The summed E-state index contributed by atoms with van der Waals surface area (Å²) >= 11 is 8.59. The molecule has 0 aliphatic carbocycles. The molecular weight excluding hydrogens is 677 g/mol. The van der Waals surface area contributed by atoms with Gasteiger partial charge < -0.3 is 23.5 Å². The van der Waals surface area contributed by atoms with Crippen molar-refractivity contribution >= 4 is 51.0 Å². The lowest BCUT2D eigenvalue weighted by molar-refractivity contribution is 0.0587. The van der Waals surface area contributed by atoms with Gasteiger partial charge in [0.05, 0.1) is 52.0 Å². The lowest BCUT2D eigenvalue weighted by atomic mass is 9.97. The third kappa shape index (κ3) is 6.43. The summed E-state index contributed by atoms with van der Waals surface area (Å²) in [5, 5.41) is 7.85. The molecule has 0 atom stereocenters. The molecule has 6 aromatic rings. The number of aryl methyl sites for hydroxylation is 3. The number of hydrogen-bond acceptors (Lipinski definition) is 7. The molecule has 50 heavy (non-hydrogen) atoms. The highest BCUT2D eigenvalue weighted by Crippen LogP contribution is 2.43. The van der Waals surface area contributed by atoms with Crippen LogP contribution in [0.4, 0.5) is 4.39 Å². The Balaban J connectivity index is 1.17. The van der Waals surface area contributed by atoms with Crippen molar-refractivity contribution in [2.45, 2.75) is 50.6 Å². The zero-order valence-corrected chi connectivity index (χ0v) is 29.9. The van der Waals surface area contributed by atoms with Crippen molar-refractivity contribution in [1.29, 1.82) is 0 Å². The van der Waals surface area contributed by atoms with E-state index in [1.807, 2.05) is 71.6 Å². The zero-order chi connectivity index (χ0) is 34.9. The molecule has 0 spiro atoms. The molecule has 258 valence electrons. The summed E-state index contributed by atoms with van der Waals surface area (Å²) < 4.78 is 41.0. The molecule has 1 aliphatic rings. The van der Waals surface area contributed by atoms with Crippen LogP contribution < -0.4 is 9.47 Å². The highest BCUT2D eigenvalue weighted by atomic mass is 35.5. The molecule has 0 unspecified atom stereocenters. The summed E-state index contributed by atoms with van der Waals surface area (Å²) in [5.74, 6) is 1.50. The molecule has 7 rings (SSSR count). The van der Waals surface area contributed by atoms with Gasteiger partial charge in [0.25, 0.3) is 0 Å². The maximum absolute atomic E-state index is 14.3. The monoisotopic (exact) mass is 713 g/mol. The first-order valence-corrected chi connectivity index (χ1v) is 17.8. The molecule has 2 aromatic heterocycles. The minimum absolute atomic E-state index is 0.301. The van der Waals surface area contributed by atoms with Crippen LogP contribution in [0.1, 0.15) is 39.4 Å². The van der Waals surface area contributed by atoms with E-state index in [1.54, 1.807) is 24.9 Å². The smallest absolute Gasteiger partial charge is 0.354 e. The molecule has 0 fully saturated rings. The van der Waals surface area contributed by atoms with Crippen molar-refractivity contribution in [2.75, 3.05) is 27.4 Å². The summed E-state index contributed by atoms with van der Waals surface area (Å²) in [4.78, 5) is 14.3. The van der Waals surface area contributed by atoms with Gasteiger partial charge in [0.15, 0.2) is 0 Å². The van der Waals surface area contributed by atoms with Gasteiger partial charge in [0.2, 0.25) is 0 Å². The van der Waals surface area contributed by atoms with Crippen molar-refractivity contribution in [3.8, 4) is 22.6 Å². The molecule has 0 saturated heterocycles. The van der Waals surface area contributed by atoms with Crippen molar-refractivity contribution in [1.82, 2.24) is 14.3 Å². The Labute approximate surface area is 299 Å². The van der Waals surface area contributed by atoms with E-state index in [4.69, 9.17) is 35.6 Å². The second-order valence-electron chi connectivity index (χ2n) is 12.2. The van der Waals surface area contributed by atoms with E-state index in [1.165, 1.54) is 19.2 Å². The standard InChI is InChI=1S/C39H37ClFN3O5S/c1-23-35-32(13-12-31(40)37(35)36-24(2)42-44-15-17-48-21-33(36)44)43(38(23)39(45)47-4)14-5-16-49-34-20-29(19-26-18-27(41)8-11-30(26)34)50-22-25-6-9-28(46-3)10-7-25/h6-13,18-20H,5,14-17,21-22H2,1-4H3. The van der Waals surface area contributed by atoms with Crippen LogP contribution in [0.3, 0.4) is 0 Å². The first-order chi connectivity index (χ1) is 24.3. The number of fused-ring (bicyclic) bond motifs is 3. The molecule has 3 heterocycles. The lowest BCUT2D eigenvalue weighted by Crippen LogP contribution is -2.17. The van der Waals surface area contributed by atoms with E-state index in [0.717, 1.165) is 71.7 Å². The van der Waals surface area contributed by atoms with Crippen LogP contribution >= 0.6 is 23.4 Å². The van der Waals surface area contributed by atoms with Crippen LogP contribution in [-0.4, -0.2) is 47.8 Å². The van der Waals surface area contributed by atoms with E-state index in [-0.39, 0.29) is 5.82 Å². The number of esters is 1. The quantitative estimate of drug-likeness (QED) is 0.0753. The molecule has 0 bridgehead atoms. The Morgan fingerprint density at radius 3 is 2.64 bits per heavy atom. The zero-order valence-electron chi connectivity index (χ0n) is 28.3. The Morgan fingerprint density at radius 2 is 1.86 bits per heavy atom. The van der Waals surface area contributed by atoms with Crippen LogP contribution in [-0.2, 0) is 34.9 Å². The minimum atomic E-state index is -0.423. The number of carbonyl (C=O) groups is 1. The number of carbonyl (C=O) groups excluding carboxylic acids is 1. The molecule has 8 nitrogen and oxygen atoms in total. The summed E-state index contributed by atoms with van der Waals surface area (Å²) in [6, 6.07) is 20.5. The molecule has 0 amide bonds. The Hall–Kier alpha value is -4.51. The number of ether oxygens (including phenoxy) is 4. The second kappa shape index (κ2) is 14.4. The van der Waals surface area contributed by atoms with E-state index in [2.05, 4.69) is 0 Å². The van der Waals surface area contributed by atoms with Crippen molar-refractivity contribution in [3.05, 3.63) is 106 Å². The van der Waals surface area contributed by atoms with E-state index >= 15 is 0 Å². The number of benzene rings is 4. The molecule has 1 aliphatic heterocycles. The topological polar surface area (TPSA) is 76.7 Å². The number of nitrogens with zero attached hydrogens (tertiary/aromatic N) is 3. The number of rotatable bonds is 11. The van der Waals surface area contributed by atoms with Crippen molar-refractivity contribution < 1.29 is 28.1 Å². The first kappa shape index (κ1) is 34.0. The lowest BCUT2D eigenvalue weighted by Gasteiger charge is -2.17. The van der Waals surface area contributed by atoms with Crippen molar-refractivity contribution in [2.24, 2.45) is 0 Å². The molecule has 0 radical (unpaired) electrons. The van der Waals surface area contributed by atoms with Gasteiger partial charge in [-0.05, 0) is 91.4 Å². The highest BCUT2D eigenvalue weighted by Gasteiger charge is 2.28. The van der Waals surface area contributed by atoms with E-state index < -0.39 is 5.97 Å². The number of aromatic nitrogens is 3. The third-order valence-electron chi connectivity index (χ3n) is 9.17. The summed E-state index contributed by atoms with van der Waals surface area (Å²) in [5.41, 5.74) is 6.89. The highest BCUT2D eigenvalue weighted by molar-refractivity contribution is 7.98. The van der Waals surface area contributed by atoms with E-state index in [0.29, 0.717) is 55.8 Å². The van der Waals surface area contributed by atoms with Gasteiger partial charge in [-0.3, -0.25) is 4.68 Å². The number of methoxy groups -OCH3 is 2. The molecule has 0 saturated carbocycles. The van der Waals surface area contributed by atoms with Crippen LogP contribution in [0.25, 0.3) is 32.8 Å². The van der Waals surface area contributed by atoms with Crippen molar-refractivity contribution in [3.63, 3.8) is 0 Å². The fraction of sp³-hybridized carbons (Fsp3) is 0.282. The van der Waals surface area contributed by atoms with Crippen LogP contribution in [0.2, 0.25) is 5.02 Å².